The smallest absolute Gasteiger partial charge is 0.0185 e. The third-order valence-electron chi connectivity index (χ3n) is 1.63. The Morgan fingerprint density at radius 2 is 2.33 bits per heavy atom. The maximum atomic E-state index is 3.28. The predicted molar refractivity (Wildman–Crippen MR) is 40.1 cm³/mol. The molecule has 0 amide bonds. The molecule has 0 unspecified atom stereocenters. The second-order valence-electron chi connectivity index (χ2n) is 2.33. The van der Waals surface area contributed by atoms with Crippen LogP contribution in [0.1, 0.15) is 20.3 Å². The molecule has 0 aromatic carbocycles. The Labute approximate surface area is 56.5 Å². The van der Waals surface area contributed by atoms with E-state index in [1.807, 2.05) is 0 Å². The van der Waals surface area contributed by atoms with Crippen molar-refractivity contribution in [1.82, 2.24) is 5.32 Å². The molecule has 0 fully saturated rings. The van der Waals surface area contributed by atoms with Crippen LogP contribution in [0, 0.1) is 0 Å². The maximum Gasteiger partial charge on any atom is 0.0185 e. The molecule has 0 atom stereocenters. The molecule has 1 aliphatic heterocycles. The predicted octanol–water partition coefficient (Wildman–Crippen LogP) is 1.83. The SMILES string of the molecule is C/C=C\C1=C(C)NCC1. The summed E-state index contributed by atoms with van der Waals surface area (Å²) in [6.07, 6.45) is 5.46. The quantitative estimate of drug-likeness (QED) is 0.561. The Balaban J connectivity index is 2.66. The fraction of sp³-hybridized carbons (Fsp3) is 0.500. The number of nitrogens with one attached hydrogen (secondary N) is 1. The lowest BCUT2D eigenvalue weighted by atomic mass is 10.2. The van der Waals surface area contributed by atoms with Gasteiger partial charge in [-0.3, -0.25) is 0 Å². The first-order chi connectivity index (χ1) is 4.34. The van der Waals surface area contributed by atoms with Crippen LogP contribution in [0.2, 0.25) is 0 Å². The van der Waals surface area contributed by atoms with Crippen molar-refractivity contribution in [3.05, 3.63) is 23.4 Å². The van der Waals surface area contributed by atoms with Crippen LogP contribution in [-0.2, 0) is 0 Å². The van der Waals surface area contributed by atoms with Crippen LogP contribution in [0.15, 0.2) is 23.4 Å². The fourth-order valence-electron chi connectivity index (χ4n) is 1.10. The Hall–Kier alpha value is -0.720. The molecule has 1 heteroatoms. The first-order valence-corrected chi connectivity index (χ1v) is 3.41. The van der Waals surface area contributed by atoms with Crippen LogP contribution in [-0.4, -0.2) is 6.54 Å². The minimum absolute atomic E-state index is 1.12. The van der Waals surface area contributed by atoms with Crippen molar-refractivity contribution in [1.29, 1.82) is 0 Å². The van der Waals surface area contributed by atoms with Crippen molar-refractivity contribution < 1.29 is 0 Å². The largest absolute Gasteiger partial charge is 0.388 e. The highest BCUT2D eigenvalue weighted by Crippen LogP contribution is 2.13. The van der Waals surface area contributed by atoms with Crippen molar-refractivity contribution in [3.8, 4) is 0 Å². The first-order valence-electron chi connectivity index (χ1n) is 3.41. The molecule has 1 rings (SSSR count). The summed E-state index contributed by atoms with van der Waals surface area (Å²) in [6, 6.07) is 0. The van der Waals surface area contributed by atoms with E-state index in [9.17, 15) is 0 Å². The molecule has 1 aliphatic rings. The van der Waals surface area contributed by atoms with Gasteiger partial charge < -0.3 is 5.32 Å². The van der Waals surface area contributed by atoms with Crippen molar-refractivity contribution >= 4 is 0 Å². The number of allylic oxidation sites excluding steroid dienone is 3. The molecule has 1 heterocycles. The van der Waals surface area contributed by atoms with Gasteiger partial charge in [-0.15, -0.1) is 0 Å². The summed E-state index contributed by atoms with van der Waals surface area (Å²) >= 11 is 0. The van der Waals surface area contributed by atoms with E-state index in [4.69, 9.17) is 0 Å². The summed E-state index contributed by atoms with van der Waals surface area (Å²) in [4.78, 5) is 0. The molecule has 0 aliphatic carbocycles. The fourth-order valence-corrected chi connectivity index (χ4v) is 1.10. The van der Waals surface area contributed by atoms with Gasteiger partial charge in [0.15, 0.2) is 0 Å². The van der Waals surface area contributed by atoms with Gasteiger partial charge in [-0.1, -0.05) is 12.2 Å². The lowest BCUT2D eigenvalue weighted by Crippen LogP contribution is -2.03. The zero-order chi connectivity index (χ0) is 6.69. The molecule has 0 saturated heterocycles. The van der Waals surface area contributed by atoms with Gasteiger partial charge in [0.1, 0.15) is 0 Å². The molecule has 0 aromatic rings. The highest BCUT2D eigenvalue weighted by molar-refractivity contribution is 5.27. The van der Waals surface area contributed by atoms with Crippen LogP contribution < -0.4 is 5.32 Å². The van der Waals surface area contributed by atoms with Gasteiger partial charge in [-0.25, -0.2) is 0 Å². The number of hydrogen-bond donors (Lipinski definition) is 1. The van der Waals surface area contributed by atoms with Gasteiger partial charge >= 0.3 is 0 Å². The van der Waals surface area contributed by atoms with E-state index >= 15 is 0 Å². The van der Waals surface area contributed by atoms with Gasteiger partial charge in [0, 0.05) is 12.2 Å². The van der Waals surface area contributed by atoms with E-state index in [0.717, 1.165) is 6.54 Å². The van der Waals surface area contributed by atoms with E-state index in [1.165, 1.54) is 17.7 Å². The summed E-state index contributed by atoms with van der Waals surface area (Å²) in [7, 11) is 0. The van der Waals surface area contributed by atoms with E-state index in [1.54, 1.807) is 0 Å². The van der Waals surface area contributed by atoms with Crippen molar-refractivity contribution in [3.63, 3.8) is 0 Å². The van der Waals surface area contributed by atoms with Gasteiger partial charge in [-0.05, 0) is 25.8 Å². The number of hydrogen-bond acceptors (Lipinski definition) is 1. The molecule has 0 saturated carbocycles. The van der Waals surface area contributed by atoms with Gasteiger partial charge in [0.25, 0.3) is 0 Å². The molecule has 9 heavy (non-hydrogen) atoms. The molecular formula is C8H13N. The molecule has 0 radical (unpaired) electrons. The highest BCUT2D eigenvalue weighted by Gasteiger charge is 2.04. The van der Waals surface area contributed by atoms with Crippen LogP contribution in [0.5, 0.6) is 0 Å². The third-order valence-corrected chi connectivity index (χ3v) is 1.63. The monoisotopic (exact) mass is 123 g/mol. The maximum absolute atomic E-state index is 3.28. The lowest BCUT2D eigenvalue weighted by molar-refractivity contribution is 0.874. The lowest BCUT2D eigenvalue weighted by Gasteiger charge is -1.92. The summed E-state index contributed by atoms with van der Waals surface area (Å²) in [5.74, 6) is 0. The normalized spacial score (nSPS) is 19.3. The summed E-state index contributed by atoms with van der Waals surface area (Å²) in [6.45, 7) is 5.30. The van der Waals surface area contributed by atoms with Crippen molar-refractivity contribution in [2.45, 2.75) is 20.3 Å². The molecule has 0 spiro atoms. The standard InChI is InChI=1S/C8H13N/c1-3-4-8-5-6-9-7(8)2/h3-4,9H,5-6H2,1-2H3/b4-3-. The molecule has 0 aromatic heterocycles. The molecule has 1 N–H and O–H groups in total. The van der Waals surface area contributed by atoms with Crippen LogP contribution in [0.4, 0.5) is 0 Å². The molecular weight excluding hydrogens is 110 g/mol. The van der Waals surface area contributed by atoms with E-state index in [2.05, 4.69) is 31.3 Å². The van der Waals surface area contributed by atoms with Crippen molar-refractivity contribution in [2.24, 2.45) is 0 Å². The summed E-state index contributed by atoms with van der Waals surface area (Å²) in [5, 5.41) is 3.28. The zero-order valence-electron chi connectivity index (χ0n) is 6.07. The highest BCUT2D eigenvalue weighted by atomic mass is 14.9. The van der Waals surface area contributed by atoms with Gasteiger partial charge in [-0.2, -0.15) is 0 Å². The second-order valence-corrected chi connectivity index (χ2v) is 2.33. The van der Waals surface area contributed by atoms with Gasteiger partial charge in [0.2, 0.25) is 0 Å². The van der Waals surface area contributed by atoms with Gasteiger partial charge in [0.05, 0.1) is 0 Å². The Morgan fingerprint density at radius 3 is 2.78 bits per heavy atom. The second kappa shape index (κ2) is 2.72. The van der Waals surface area contributed by atoms with Crippen LogP contribution in [0.25, 0.3) is 0 Å². The van der Waals surface area contributed by atoms with E-state index in [0.29, 0.717) is 0 Å². The average molecular weight is 123 g/mol. The van der Waals surface area contributed by atoms with E-state index in [-0.39, 0.29) is 0 Å². The minimum Gasteiger partial charge on any atom is -0.388 e. The molecule has 0 bridgehead atoms. The third kappa shape index (κ3) is 1.35. The van der Waals surface area contributed by atoms with Crippen LogP contribution in [0.3, 0.4) is 0 Å². The van der Waals surface area contributed by atoms with Crippen LogP contribution >= 0.6 is 0 Å². The topological polar surface area (TPSA) is 12.0 Å². The number of rotatable bonds is 1. The summed E-state index contributed by atoms with van der Waals surface area (Å²) in [5.41, 5.74) is 2.80. The molecule has 1 nitrogen and oxygen atoms in total. The molecule has 50 valence electrons. The zero-order valence-corrected chi connectivity index (χ0v) is 6.07. The Bertz CT molecular complexity index is 154. The van der Waals surface area contributed by atoms with Crippen molar-refractivity contribution in [2.75, 3.05) is 6.54 Å². The summed E-state index contributed by atoms with van der Waals surface area (Å²) < 4.78 is 0. The first kappa shape index (κ1) is 6.40. The van der Waals surface area contributed by atoms with E-state index < -0.39 is 0 Å². The Morgan fingerprint density at radius 1 is 1.56 bits per heavy atom. The minimum atomic E-state index is 1.12. The Kier molecular flexibility index (Phi) is 1.93. The average Bonchev–Trinajstić information content (AvgIpc) is 2.18.